The summed E-state index contributed by atoms with van der Waals surface area (Å²) in [6.07, 6.45) is 1.74. The summed E-state index contributed by atoms with van der Waals surface area (Å²) >= 11 is 7.54. The molecule has 3 aromatic rings. The molecule has 2 heterocycles. The molecule has 152 valence electrons. The molecule has 0 saturated carbocycles. The zero-order chi connectivity index (χ0) is 21.3. The monoisotopic (exact) mass is 436 g/mol. The van der Waals surface area contributed by atoms with Crippen molar-refractivity contribution in [2.75, 3.05) is 24.9 Å². The fourth-order valence-electron chi connectivity index (χ4n) is 2.76. The molecule has 0 fully saturated rings. The Morgan fingerprint density at radius 3 is 2.55 bits per heavy atom. The van der Waals surface area contributed by atoms with Crippen LogP contribution in [-0.2, 0) is 9.53 Å². The molecule has 1 aromatic carbocycles. The highest BCUT2D eigenvalue weighted by Crippen LogP contribution is 2.34. The standard InChI is InChI=1S/C18H17ClN4O5S/c1-8-7-23-14(15(19)22-18(23)29-8)16(25)21-13-11(17(26)28-4)5-10(20-9(2)24)6-12(13)27-3/h5-7H,1-4H3,(H,20,24)(H,21,25). The van der Waals surface area contributed by atoms with Gasteiger partial charge in [0.15, 0.2) is 15.8 Å². The number of aromatic nitrogens is 2. The van der Waals surface area contributed by atoms with Crippen molar-refractivity contribution >= 4 is 57.1 Å². The van der Waals surface area contributed by atoms with Crippen molar-refractivity contribution in [3.63, 3.8) is 0 Å². The number of anilines is 2. The highest BCUT2D eigenvalue weighted by Gasteiger charge is 2.25. The van der Waals surface area contributed by atoms with E-state index in [1.807, 2.05) is 6.92 Å². The number of hydrogen-bond acceptors (Lipinski definition) is 7. The van der Waals surface area contributed by atoms with Crippen molar-refractivity contribution in [3.8, 4) is 5.75 Å². The maximum atomic E-state index is 13.0. The van der Waals surface area contributed by atoms with Crippen molar-refractivity contribution in [3.05, 3.63) is 39.6 Å². The van der Waals surface area contributed by atoms with Gasteiger partial charge in [-0.3, -0.25) is 14.0 Å². The minimum absolute atomic E-state index is 0.00216. The van der Waals surface area contributed by atoms with Crippen LogP contribution >= 0.6 is 22.9 Å². The third kappa shape index (κ3) is 4.03. The molecule has 2 N–H and O–H groups in total. The number of rotatable bonds is 5. The number of nitrogens with one attached hydrogen (secondary N) is 2. The van der Waals surface area contributed by atoms with Gasteiger partial charge in [0, 0.05) is 29.8 Å². The van der Waals surface area contributed by atoms with Gasteiger partial charge in [-0.15, -0.1) is 11.3 Å². The minimum Gasteiger partial charge on any atom is -0.494 e. The summed E-state index contributed by atoms with van der Waals surface area (Å²) in [7, 11) is 2.58. The van der Waals surface area contributed by atoms with Crippen molar-refractivity contribution in [1.82, 2.24) is 9.38 Å². The zero-order valence-corrected chi connectivity index (χ0v) is 17.5. The van der Waals surface area contributed by atoms with Gasteiger partial charge in [-0.1, -0.05) is 11.6 Å². The molecule has 0 spiro atoms. The Hall–Kier alpha value is -3.11. The number of ether oxygens (including phenoxy) is 2. The van der Waals surface area contributed by atoms with E-state index in [-0.39, 0.29) is 33.8 Å². The molecule has 0 aliphatic heterocycles. The summed E-state index contributed by atoms with van der Waals surface area (Å²) in [6, 6.07) is 2.86. The first kappa shape index (κ1) is 20.6. The smallest absolute Gasteiger partial charge is 0.340 e. The van der Waals surface area contributed by atoms with E-state index in [1.165, 1.54) is 44.6 Å². The van der Waals surface area contributed by atoms with E-state index in [1.54, 1.807) is 10.6 Å². The predicted octanol–water partition coefficient (Wildman–Crippen LogP) is 3.36. The van der Waals surface area contributed by atoms with Gasteiger partial charge >= 0.3 is 5.97 Å². The number of benzene rings is 1. The van der Waals surface area contributed by atoms with Crippen LogP contribution in [0.3, 0.4) is 0 Å². The van der Waals surface area contributed by atoms with Gasteiger partial charge < -0.3 is 20.1 Å². The quantitative estimate of drug-likeness (QED) is 0.593. The molecule has 9 nitrogen and oxygen atoms in total. The number of nitrogens with zero attached hydrogens (tertiary/aromatic N) is 2. The highest BCUT2D eigenvalue weighted by atomic mass is 35.5. The third-order valence-electron chi connectivity index (χ3n) is 3.90. The Kier molecular flexibility index (Phi) is 5.76. The number of esters is 1. The van der Waals surface area contributed by atoms with Crippen LogP contribution in [0.15, 0.2) is 18.3 Å². The van der Waals surface area contributed by atoms with Crippen molar-refractivity contribution in [2.45, 2.75) is 13.8 Å². The van der Waals surface area contributed by atoms with Crippen LogP contribution in [0.5, 0.6) is 5.75 Å². The maximum Gasteiger partial charge on any atom is 0.340 e. The fraction of sp³-hybridized carbons (Fsp3) is 0.222. The minimum atomic E-state index is -0.721. The Morgan fingerprint density at radius 1 is 1.21 bits per heavy atom. The number of thiazole rings is 1. The van der Waals surface area contributed by atoms with Gasteiger partial charge in [0.05, 0.1) is 25.5 Å². The molecule has 0 aliphatic rings. The first-order chi connectivity index (χ1) is 13.7. The number of amides is 2. The molecule has 29 heavy (non-hydrogen) atoms. The fourth-order valence-corrected chi connectivity index (χ4v) is 3.89. The molecule has 0 unspecified atom stereocenters. The number of carbonyl (C=O) groups excluding carboxylic acids is 3. The summed E-state index contributed by atoms with van der Waals surface area (Å²) in [5.41, 5.74) is 0.513. The maximum absolute atomic E-state index is 13.0. The van der Waals surface area contributed by atoms with E-state index >= 15 is 0 Å². The van der Waals surface area contributed by atoms with Crippen molar-refractivity contribution < 1.29 is 23.9 Å². The van der Waals surface area contributed by atoms with E-state index in [0.717, 1.165) is 4.88 Å². The number of aryl methyl sites for hydroxylation is 1. The largest absolute Gasteiger partial charge is 0.494 e. The molecular weight excluding hydrogens is 420 g/mol. The molecule has 0 bridgehead atoms. The zero-order valence-electron chi connectivity index (χ0n) is 16.0. The number of halogens is 1. The highest BCUT2D eigenvalue weighted by molar-refractivity contribution is 7.17. The Bertz CT molecular complexity index is 1140. The lowest BCUT2D eigenvalue weighted by molar-refractivity contribution is -0.114. The number of carbonyl (C=O) groups is 3. The van der Waals surface area contributed by atoms with Gasteiger partial charge in [0.2, 0.25) is 5.91 Å². The molecule has 0 atom stereocenters. The lowest BCUT2D eigenvalue weighted by Gasteiger charge is -2.16. The Labute approximate surface area is 174 Å². The molecule has 3 rings (SSSR count). The first-order valence-electron chi connectivity index (χ1n) is 8.28. The third-order valence-corrected chi connectivity index (χ3v) is 5.06. The first-order valence-corrected chi connectivity index (χ1v) is 9.47. The normalized spacial score (nSPS) is 10.7. The van der Waals surface area contributed by atoms with E-state index < -0.39 is 11.9 Å². The van der Waals surface area contributed by atoms with Gasteiger partial charge in [-0.05, 0) is 13.0 Å². The number of imidazole rings is 1. The Balaban J connectivity index is 2.08. The van der Waals surface area contributed by atoms with E-state index in [0.29, 0.717) is 10.6 Å². The lowest BCUT2D eigenvalue weighted by atomic mass is 10.1. The number of hydrogen-bond donors (Lipinski definition) is 2. The summed E-state index contributed by atoms with van der Waals surface area (Å²) < 4.78 is 11.7. The van der Waals surface area contributed by atoms with Crippen LogP contribution in [0.1, 0.15) is 32.6 Å². The topological polar surface area (TPSA) is 111 Å². The average molecular weight is 437 g/mol. The van der Waals surface area contributed by atoms with Gasteiger partial charge in [-0.2, -0.15) is 0 Å². The van der Waals surface area contributed by atoms with Crippen LogP contribution in [0.4, 0.5) is 11.4 Å². The van der Waals surface area contributed by atoms with Crippen LogP contribution in [0, 0.1) is 6.92 Å². The van der Waals surface area contributed by atoms with Gasteiger partial charge in [-0.25, -0.2) is 9.78 Å². The summed E-state index contributed by atoms with van der Waals surface area (Å²) in [6.45, 7) is 3.21. The SMILES string of the molecule is COC(=O)c1cc(NC(C)=O)cc(OC)c1NC(=O)c1c(Cl)nc2sc(C)cn12. The molecule has 0 radical (unpaired) electrons. The van der Waals surface area contributed by atoms with E-state index in [2.05, 4.69) is 15.6 Å². The van der Waals surface area contributed by atoms with Crippen LogP contribution < -0.4 is 15.4 Å². The molecule has 0 aliphatic carbocycles. The second-order valence-corrected chi connectivity index (χ2v) is 7.54. The van der Waals surface area contributed by atoms with E-state index in [9.17, 15) is 14.4 Å². The van der Waals surface area contributed by atoms with Crippen molar-refractivity contribution in [1.29, 1.82) is 0 Å². The van der Waals surface area contributed by atoms with Crippen LogP contribution in [0.25, 0.3) is 4.96 Å². The predicted molar refractivity (Wildman–Crippen MR) is 109 cm³/mol. The van der Waals surface area contributed by atoms with Gasteiger partial charge in [0.25, 0.3) is 5.91 Å². The summed E-state index contributed by atoms with van der Waals surface area (Å²) in [4.78, 5) is 42.4. The molecule has 11 heteroatoms. The van der Waals surface area contributed by atoms with E-state index in [4.69, 9.17) is 21.1 Å². The second kappa shape index (κ2) is 8.10. The molecule has 0 saturated heterocycles. The van der Waals surface area contributed by atoms with Crippen LogP contribution in [-0.4, -0.2) is 41.4 Å². The van der Waals surface area contributed by atoms with Crippen LogP contribution in [0.2, 0.25) is 5.15 Å². The van der Waals surface area contributed by atoms with Gasteiger partial charge in [0.1, 0.15) is 5.75 Å². The summed E-state index contributed by atoms with van der Waals surface area (Å²) in [5, 5.41) is 5.25. The molecule has 2 aromatic heterocycles. The lowest BCUT2D eigenvalue weighted by Crippen LogP contribution is -2.19. The number of methoxy groups -OCH3 is 2. The Morgan fingerprint density at radius 2 is 1.93 bits per heavy atom. The molecule has 2 amide bonds. The second-order valence-electron chi connectivity index (χ2n) is 5.97. The number of fused-ring (bicyclic) bond motifs is 1. The summed E-state index contributed by atoms with van der Waals surface area (Å²) in [5.74, 6) is -1.48. The average Bonchev–Trinajstić information content (AvgIpc) is 3.15. The molecular formula is C18H17ClN4O5S. The van der Waals surface area contributed by atoms with Crippen molar-refractivity contribution in [2.24, 2.45) is 0 Å².